The first kappa shape index (κ1) is 15.0. The maximum absolute atomic E-state index is 13.2. The predicted octanol–water partition coefficient (Wildman–Crippen LogP) is 2.17. The molecular weight excluding hydrogens is 309 g/mol. The number of aromatic nitrogens is 2. The van der Waals surface area contributed by atoms with E-state index in [0.29, 0.717) is 18.9 Å². The Morgan fingerprint density at radius 2 is 2.09 bits per heavy atom. The molecule has 2 heterocycles. The van der Waals surface area contributed by atoms with Gasteiger partial charge < -0.3 is 4.74 Å². The van der Waals surface area contributed by atoms with Crippen molar-refractivity contribution >= 4 is 15.7 Å². The number of rotatable bonds is 4. The predicted molar refractivity (Wildman–Crippen MR) is 78.5 cm³/mol. The molecule has 1 N–H and O–H groups in total. The fourth-order valence-electron chi connectivity index (χ4n) is 2.39. The van der Waals surface area contributed by atoms with Crippen LogP contribution >= 0.6 is 0 Å². The Bertz CT molecular complexity index is 754. The highest BCUT2D eigenvalue weighted by Gasteiger charge is 2.19. The Morgan fingerprint density at radius 3 is 2.82 bits per heavy atom. The first-order chi connectivity index (χ1) is 10.5. The van der Waals surface area contributed by atoms with Crippen LogP contribution in [-0.2, 0) is 14.8 Å². The second-order valence-electron chi connectivity index (χ2n) is 5.12. The number of ether oxygens (including phenoxy) is 1. The lowest BCUT2D eigenvalue weighted by molar-refractivity contribution is 0.0662. The van der Waals surface area contributed by atoms with Crippen molar-refractivity contribution in [2.24, 2.45) is 0 Å². The third kappa shape index (κ3) is 3.28. The van der Waals surface area contributed by atoms with E-state index in [9.17, 15) is 12.8 Å². The number of hydrogen-bond donors (Lipinski definition) is 1. The lowest BCUT2D eigenvalue weighted by Gasteiger charge is -2.22. The van der Waals surface area contributed by atoms with E-state index >= 15 is 0 Å². The smallest absolute Gasteiger partial charge is 0.262 e. The van der Waals surface area contributed by atoms with Crippen LogP contribution in [0.2, 0.25) is 0 Å². The summed E-state index contributed by atoms with van der Waals surface area (Å²) >= 11 is 0. The van der Waals surface area contributed by atoms with Gasteiger partial charge in [0, 0.05) is 19.4 Å². The lowest BCUT2D eigenvalue weighted by Crippen LogP contribution is -2.19. The molecule has 1 aromatic heterocycles. The molecule has 1 aromatic carbocycles. The Balaban J connectivity index is 1.76. The maximum Gasteiger partial charge on any atom is 0.262 e. The van der Waals surface area contributed by atoms with Crippen molar-refractivity contribution in [2.45, 2.75) is 23.8 Å². The van der Waals surface area contributed by atoms with E-state index in [1.54, 1.807) is 10.9 Å². The molecule has 0 amide bonds. The highest BCUT2D eigenvalue weighted by molar-refractivity contribution is 7.92. The minimum atomic E-state index is -3.82. The molecule has 0 atom stereocenters. The van der Waals surface area contributed by atoms with Crippen LogP contribution < -0.4 is 4.72 Å². The summed E-state index contributed by atoms with van der Waals surface area (Å²) in [6, 6.07) is 5.08. The minimum Gasteiger partial charge on any atom is -0.381 e. The van der Waals surface area contributed by atoms with Crippen molar-refractivity contribution < 1.29 is 17.5 Å². The van der Waals surface area contributed by atoms with Gasteiger partial charge in [-0.25, -0.2) is 12.8 Å². The van der Waals surface area contributed by atoms with Gasteiger partial charge in [0.05, 0.1) is 22.8 Å². The van der Waals surface area contributed by atoms with Crippen molar-refractivity contribution in [1.29, 1.82) is 0 Å². The van der Waals surface area contributed by atoms with E-state index in [1.165, 1.54) is 24.4 Å². The number of nitrogens with zero attached hydrogens (tertiary/aromatic N) is 2. The van der Waals surface area contributed by atoms with E-state index in [1.807, 2.05) is 0 Å². The first-order valence-electron chi connectivity index (χ1n) is 6.95. The summed E-state index contributed by atoms with van der Waals surface area (Å²) in [7, 11) is -3.82. The fourth-order valence-corrected chi connectivity index (χ4v) is 3.45. The number of anilines is 1. The number of sulfonamides is 1. The summed E-state index contributed by atoms with van der Waals surface area (Å²) in [4.78, 5) is -0.119. The van der Waals surface area contributed by atoms with E-state index in [0.717, 1.165) is 18.9 Å². The largest absolute Gasteiger partial charge is 0.381 e. The zero-order valence-electron chi connectivity index (χ0n) is 11.8. The van der Waals surface area contributed by atoms with E-state index < -0.39 is 15.8 Å². The molecular formula is C14H16FN3O3S. The summed E-state index contributed by atoms with van der Waals surface area (Å²) in [5.41, 5.74) is 0.357. The molecule has 3 rings (SSSR count). The van der Waals surface area contributed by atoms with Gasteiger partial charge in [0.15, 0.2) is 0 Å². The zero-order chi connectivity index (χ0) is 15.6. The topological polar surface area (TPSA) is 73.2 Å². The molecule has 0 bridgehead atoms. The molecule has 1 aliphatic rings. The Kier molecular flexibility index (Phi) is 4.12. The van der Waals surface area contributed by atoms with Gasteiger partial charge in [-0.3, -0.25) is 9.40 Å². The zero-order valence-corrected chi connectivity index (χ0v) is 12.6. The SMILES string of the molecule is O=S(=O)(Nc1cnn(C2CCOCC2)c1)c1cccc(F)c1. The molecule has 0 aliphatic carbocycles. The molecule has 22 heavy (non-hydrogen) atoms. The summed E-state index contributed by atoms with van der Waals surface area (Å²) in [5.74, 6) is -0.597. The van der Waals surface area contributed by atoms with Gasteiger partial charge in [-0.15, -0.1) is 0 Å². The van der Waals surface area contributed by atoms with E-state index in [-0.39, 0.29) is 10.9 Å². The van der Waals surface area contributed by atoms with Crippen molar-refractivity contribution in [3.8, 4) is 0 Å². The molecule has 6 nitrogen and oxygen atoms in total. The highest BCUT2D eigenvalue weighted by Crippen LogP contribution is 2.22. The molecule has 0 saturated carbocycles. The van der Waals surface area contributed by atoms with Crippen molar-refractivity contribution in [3.05, 3.63) is 42.5 Å². The van der Waals surface area contributed by atoms with Crippen molar-refractivity contribution in [1.82, 2.24) is 9.78 Å². The molecule has 0 radical (unpaired) electrons. The Hall–Kier alpha value is -1.93. The summed E-state index contributed by atoms with van der Waals surface area (Å²) in [5, 5.41) is 4.20. The molecule has 8 heteroatoms. The molecule has 0 spiro atoms. The summed E-state index contributed by atoms with van der Waals surface area (Å²) in [6.45, 7) is 1.35. The first-order valence-corrected chi connectivity index (χ1v) is 8.43. The summed E-state index contributed by atoms with van der Waals surface area (Å²) < 4.78 is 47.0. The van der Waals surface area contributed by atoms with Crippen LogP contribution in [0.1, 0.15) is 18.9 Å². The second-order valence-corrected chi connectivity index (χ2v) is 6.80. The average Bonchev–Trinajstić information content (AvgIpc) is 2.96. The molecule has 2 aromatic rings. The van der Waals surface area contributed by atoms with Crippen molar-refractivity contribution in [3.63, 3.8) is 0 Å². The molecule has 0 unspecified atom stereocenters. The standard InChI is InChI=1S/C14H16FN3O3S/c15-11-2-1-3-14(8-11)22(19,20)17-12-9-16-18(10-12)13-4-6-21-7-5-13/h1-3,8-10,13,17H,4-7H2. The van der Waals surface area contributed by atoms with E-state index in [2.05, 4.69) is 9.82 Å². The quantitative estimate of drug-likeness (QED) is 0.935. The molecule has 1 fully saturated rings. The van der Waals surface area contributed by atoms with Crippen LogP contribution in [0.15, 0.2) is 41.6 Å². The van der Waals surface area contributed by atoms with Crippen LogP contribution in [0.3, 0.4) is 0 Å². The monoisotopic (exact) mass is 325 g/mol. The van der Waals surface area contributed by atoms with Crippen molar-refractivity contribution in [2.75, 3.05) is 17.9 Å². The molecule has 1 saturated heterocycles. The van der Waals surface area contributed by atoms with Gasteiger partial charge in [-0.05, 0) is 31.0 Å². The van der Waals surface area contributed by atoms with Gasteiger partial charge >= 0.3 is 0 Å². The normalized spacial score (nSPS) is 16.6. The number of halogens is 1. The third-order valence-corrected chi connectivity index (χ3v) is 4.90. The van der Waals surface area contributed by atoms with Crippen LogP contribution in [0.5, 0.6) is 0 Å². The van der Waals surface area contributed by atoms with Gasteiger partial charge in [0.1, 0.15) is 5.82 Å². The third-order valence-electron chi connectivity index (χ3n) is 3.53. The van der Waals surface area contributed by atoms with Crippen LogP contribution in [0.25, 0.3) is 0 Å². The second kappa shape index (κ2) is 6.05. The fraction of sp³-hybridized carbons (Fsp3) is 0.357. The average molecular weight is 325 g/mol. The lowest BCUT2D eigenvalue weighted by atomic mass is 10.1. The Labute approximate surface area is 128 Å². The highest BCUT2D eigenvalue weighted by atomic mass is 32.2. The van der Waals surface area contributed by atoms with Crippen LogP contribution in [0, 0.1) is 5.82 Å². The van der Waals surface area contributed by atoms with E-state index in [4.69, 9.17) is 4.74 Å². The van der Waals surface area contributed by atoms with Crippen LogP contribution in [-0.4, -0.2) is 31.4 Å². The van der Waals surface area contributed by atoms with Gasteiger partial charge in [-0.1, -0.05) is 6.07 Å². The molecule has 1 aliphatic heterocycles. The van der Waals surface area contributed by atoms with Gasteiger partial charge in [-0.2, -0.15) is 5.10 Å². The van der Waals surface area contributed by atoms with Gasteiger partial charge in [0.25, 0.3) is 10.0 Å². The van der Waals surface area contributed by atoms with Gasteiger partial charge in [0.2, 0.25) is 0 Å². The number of nitrogens with one attached hydrogen (secondary N) is 1. The number of hydrogen-bond acceptors (Lipinski definition) is 4. The minimum absolute atomic E-state index is 0.119. The van der Waals surface area contributed by atoms with Crippen LogP contribution in [0.4, 0.5) is 10.1 Å². The summed E-state index contributed by atoms with van der Waals surface area (Å²) in [6.07, 6.45) is 4.79. The maximum atomic E-state index is 13.2. The Morgan fingerprint density at radius 1 is 1.32 bits per heavy atom. The molecule has 118 valence electrons. The number of benzene rings is 1.